The maximum absolute atomic E-state index is 12.9. The van der Waals surface area contributed by atoms with Crippen LogP contribution in [0.15, 0.2) is 18.2 Å². The molecular formula is C8H9ClFNO2Si. The number of carbonyl (C=O) groups excluding carboxylic acids is 1. The summed E-state index contributed by atoms with van der Waals surface area (Å²) in [6.45, 7) is -0.107. The lowest BCUT2D eigenvalue weighted by Gasteiger charge is -2.05. The molecule has 0 aliphatic carbocycles. The third-order valence-electron chi connectivity index (χ3n) is 1.54. The lowest BCUT2D eigenvalue weighted by atomic mass is 10.3. The highest BCUT2D eigenvalue weighted by Gasteiger charge is 2.03. The molecule has 0 saturated heterocycles. The summed E-state index contributed by atoms with van der Waals surface area (Å²) in [6.07, 6.45) is 0. The lowest BCUT2D eigenvalue weighted by molar-refractivity contribution is -0.121. The molecule has 3 nitrogen and oxygen atoms in total. The van der Waals surface area contributed by atoms with Gasteiger partial charge in [-0.1, -0.05) is 11.6 Å². The van der Waals surface area contributed by atoms with Crippen LogP contribution in [0.1, 0.15) is 0 Å². The van der Waals surface area contributed by atoms with Crippen LogP contribution < -0.4 is 9.72 Å². The van der Waals surface area contributed by atoms with Crippen molar-refractivity contribution in [1.82, 2.24) is 4.98 Å². The SMILES string of the molecule is O=C(COc1ccc(Cl)c(F)c1)N[SiH3]. The molecule has 1 N–H and O–H groups in total. The average Bonchev–Trinajstić information content (AvgIpc) is 2.19. The van der Waals surface area contributed by atoms with Crippen molar-refractivity contribution in [3.63, 3.8) is 0 Å². The topological polar surface area (TPSA) is 38.3 Å². The fourth-order valence-corrected chi connectivity index (χ4v) is 1.05. The Morgan fingerprint density at radius 2 is 2.36 bits per heavy atom. The van der Waals surface area contributed by atoms with Crippen LogP contribution >= 0.6 is 11.6 Å². The van der Waals surface area contributed by atoms with E-state index in [1.807, 2.05) is 0 Å². The molecule has 0 bridgehead atoms. The Kier molecular flexibility index (Phi) is 3.91. The van der Waals surface area contributed by atoms with E-state index in [4.69, 9.17) is 16.3 Å². The van der Waals surface area contributed by atoms with Crippen molar-refractivity contribution >= 4 is 27.9 Å². The quantitative estimate of drug-likeness (QED) is 0.761. The van der Waals surface area contributed by atoms with E-state index in [0.717, 1.165) is 6.07 Å². The normalized spacial score (nSPS) is 9.86. The van der Waals surface area contributed by atoms with Crippen molar-refractivity contribution in [3.8, 4) is 5.75 Å². The summed E-state index contributed by atoms with van der Waals surface area (Å²) < 4.78 is 17.9. The van der Waals surface area contributed by atoms with Crippen molar-refractivity contribution in [1.29, 1.82) is 0 Å². The molecule has 6 heteroatoms. The largest absolute Gasteiger partial charge is 0.484 e. The Labute approximate surface area is 88.7 Å². The van der Waals surface area contributed by atoms with E-state index < -0.39 is 5.82 Å². The molecule has 1 amide bonds. The fourth-order valence-electron chi connectivity index (χ4n) is 0.788. The summed E-state index contributed by atoms with van der Waals surface area (Å²) in [7, 11) is 0.572. The molecule has 0 unspecified atom stereocenters. The molecule has 0 heterocycles. The average molecular weight is 234 g/mol. The zero-order valence-electron chi connectivity index (χ0n) is 7.51. The van der Waals surface area contributed by atoms with Crippen LogP contribution in [0, 0.1) is 5.82 Å². The highest BCUT2D eigenvalue weighted by molar-refractivity contribution is 6.30. The van der Waals surface area contributed by atoms with Crippen LogP contribution in [0.25, 0.3) is 0 Å². The first-order chi connectivity index (χ1) is 6.63. The monoisotopic (exact) mass is 233 g/mol. The number of halogens is 2. The minimum Gasteiger partial charge on any atom is -0.484 e. The molecule has 0 fully saturated rings. The Morgan fingerprint density at radius 3 is 2.93 bits per heavy atom. The van der Waals surface area contributed by atoms with Gasteiger partial charge in [0, 0.05) is 6.07 Å². The predicted octanol–water partition coefficient (Wildman–Crippen LogP) is 0.254. The molecular weight excluding hydrogens is 225 g/mol. The number of rotatable bonds is 3. The number of amides is 1. The second-order valence-corrected chi connectivity index (χ2v) is 3.44. The van der Waals surface area contributed by atoms with Crippen molar-refractivity contribution in [2.75, 3.05) is 6.61 Å². The van der Waals surface area contributed by atoms with E-state index >= 15 is 0 Å². The predicted molar refractivity (Wildman–Crippen MR) is 55.0 cm³/mol. The van der Waals surface area contributed by atoms with E-state index in [1.165, 1.54) is 12.1 Å². The molecule has 76 valence electrons. The number of ether oxygens (including phenoxy) is 1. The van der Waals surface area contributed by atoms with Gasteiger partial charge in [0.1, 0.15) is 22.0 Å². The van der Waals surface area contributed by atoms with E-state index in [0.29, 0.717) is 10.4 Å². The Balaban J connectivity index is 2.60. The van der Waals surface area contributed by atoms with Crippen molar-refractivity contribution in [2.45, 2.75) is 0 Å². The van der Waals surface area contributed by atoms with Gasteiger partial charge in [-0.3, -0.25) is 4.79 Å². The smallest absolute Gasteiger partial charge is 0.249 e. The van der Waals surface area contributed by atoms with Gasteiger partial charge in [-0.2, -0.15) is 0 Å². The van der Waals surface area contributed by atoms with E-state index in [9.17, 15) is 9.18 Å². The molecule has 0 aromatic heterocycles. The first-order valence-corrected chi connectivity index (χ1v) is 5.29. The number of benzene rings is 1. The second-order valence-electron chi connectivity index (χ2n) is 2.54. The molecule has 1 aromatic carbocycles. The zero-order chi connectivity index (χ0) is 10.6. The van der Waals surface area contributed by atoms with Crippen LogP contribution in [0.2, 0.25) is 5.02 Å². The van der Waals surface area contributed by atoms with Gasteiger partial charge < -0.3 is 9.72 Å². The van der Waals surface area contributed by atoms with Crippen LogP contribution in [-0.2, 0) is 4.79 Å². The Hall–Kier alpha value is -1.07. The molecule has 0 atom stereocenters. The van der Waals surface area contributed by atoms with Gasteiger partial charge in [0.15, 0.2) is 6.61 Å². The summed E-state index contributed by atoms with van der Waals surface area (Å²) >= 11 is 5.47. The summed E-state index contributed by atoms with van der Waals surface area (Å²) in [5, 5.41) is 0.0321. The zero-order valence-corrected chi connectivity index (χ0v) is 10.3. The van der Waals surface area contributed by atoms with Crippen molar-refractivity contribution in [3.05, 3.63) is 29.0 Å². The molecule has 1 rings (SSSR count). The molecule has 1 aromatic rings. The number of nitrogens with one attached hydrogen (secondary N) is 1. The lowest BCUT2D eigenvalue weighted by Crippen LogP contribution is -2.26. The molecule has 0 aliphatic heterocycles. The van der Waals surface area contributed by atoms with Gasteiger partial charge in [0.05, 0.1) is 5.02 Å². The molecule has 0 aliphatic rings. The van der Waals surface area contributed by atoms with Gasteiger partial charge in [-0.25, -0.2) is 4.39 Å². The number of hydrogen-bond donors (Lipinski definition) is 1. The van der Waals surface area contributed by atoms with Gasteiger partial charge in [-0.15, -0.1) is 0 Å². The third-order valence-corrected chi connectivity index (χ3v) is 2.40. The summed E-state index contributed by atoms with van der Waals surface area (Å²) in [5.41, 5.74) is 0. The molecule has 14 heavy (non-hydrogen) atoms. The van der Waals surface area contributed by atoms with E-state index in [2.05, 4.69) is 4.98 Å². The standard InChI is InChI=1S/C8H9ClFNO2Si/c9-6-2-1-5(3-7(6)10)13-4-8(12)11-14/h1-3H,4H2,14H3,(H,11,12). The number of hydrogen-bond acceptors (Lipinski definition) is 2. The molecule has 0 radical (unpaired) electrons. The van der Waals surface area contributed by atoms with Crippen LogP contribution in [0.3, 0.4) is 0 Å². The molecule has 0 saturated carbocycles. The summed E-state index contributed by atoms with van der Waals surface area (Å²) in [4.78, 5) is 13.3. The van der Waals surface area contributed by atoms with Gasteiger partial charge in [0.25, 0.3) is 0 Å². The van der Waals surface area contributed by atoms with Crippen molar-refractivity contribution < 1.29 is 13.9 Å². The summed E-state index contributed by atoms with van der Waals surface area (Å²) in [6, 6.07) is 4.03. The molecule has 0 spiro atoms. The Bertz CT molecular complexity index is 348. The number of carbonyl (C=O) groups is 1. The minimum atomic E-state index is -0.560. The summed E-state index contributed by atoms with van der Waals surface area (Å²) in [5.74, 6) is -0.486. The first-order valence-electron chi connectivity index (χ1n) is 3.92. The highest BCUT2D eigenvalue weighted by Crippen LogP contribution is 2.20. The fraction of sp³-hybridized carbons (Fsp3) is 0.125. The van der Waals surface area contributed by atoms with Crippen LogP contribution in [0.5, 0.6) is 5.75 Å². The maximum atomic E-state index is 12.9. The maximum Gasteiger partial charge on any atom is 0.249 e. The van der Waals surface area contributed by atoms with Gasteiger partial charge in [-0.05, 0) is 12.1 Å². The van der Waals surface area contributed by atoms with Crippen LogP contribution in [-0.4, -0.2) is 22.9 Å². The van der Waals surface area contributed by atoms with Crippen LogP contribution in [0.4, 0.5) is 4.39 Å². The van der Waals surface area contributed by atoms with E-state index in [-0.39, 0.29) is 23.3 Å². The minimum absolute atomic E-state index is 0.0321. The second kappa shape index (κ2) is 4.97. The third kappa shape index (κ3) is 3.01. The van der Waals surface area contributed by atoms with Gasteiger partial charge in [0.2, 0.25) is 5.91 Å². The van der Waals surface area contributed by atoms with Gasteiger partial charge >= 0.3 is 0 Å². The van der Waals surface area contributed by atoms with Crippen molar-refractivity contribution in [2.24, 2.45) is 0 Å². The van der Waals surface area contributed by atoms with E-state index in [1.54, 1.807) is 0 Å². The first kappa shape index (κ1) is 11.0. The highest BCUT2D eigenvalue weighted by atomic mass is 35.5. The Morgan fingerprint density at radius 1 is 1.64 bits per heavy atom.